The van der Waals surface area contributed by atoms with Gasteiger partial charge in [-0.1, -0.05) is 42.5 Å². The van der Waals surface area contributed by atoms with Gasteiger partial charge < -0.3 is 0 Å². The van der Waals surface area contributed by atoms with E-state index >= 15 is 0 Å². The topological polar surface area (TPSA) is 33.2 Å². The third-order valence-corrected chi connectivity index (χ3v) is 4.74. The van der Waals surface area contributed by atoms with Crippen LogP contribution in [0.5, 0.6) is 0 Å². The Kier molecular flexibility index (Phi) is 4.20. The number of thiazole rings is 1. The van der Waals surface area contributed by atoms with Crippen molar-refractivity contribution in [1.29, 1.82) is 0 Å². The van der Waals surface area contributed by atoms with Crippen molar-refractivity contribution in [2.24, 2.45) is 0 Å². The van der Waals surface area contributed by atoms with Gasteiger partial charge in [0.2, 0.25) is 0 Å². The van der Waals surface area contributed by atoms with Crippen LogP contribution in [0.4, 0.5) is 5.13 Å². The molecule has 0 aliphatic heterocycles. The van der Waals surface area contributed by atoms with Gasteiger partial charge in [0.05, 0.1) is 10.2 Å². The molecule has 0 atom stereocenters. The second kappa shape index (κ2) is 6.28. The fraction of sp³-hybridized carbons (Fsp3) is 0.222. The number of para-hydroxylation sites is 1. The van der Waals surface area contributed by atoms with Crippen molar-refractivity contribution in [3.05, 3.63) is 59.7 Å². The number of aromatic nitrogens is 1. The van der Waals surface area contributed by atoms with Gasteiger partial charge in [-0.3, -0.25) is 9.69 Å². The lowest BCUT2D eigenvalue weighted by atomic mass is 10.1. The van der Waals surface area contributed by atoms with Gasteiger partial charge in [-0.05, 0) is 43.2 Å². The number of carbonyl (C=O) groups is 1. The van der Waals surface area contributed by atoms with E-state index in [1.54, 1.807) is 16.2 Å². The molecule has 3 aromatic rings. The minimum absolute atomic E-state index is 0.00390. The van der Waals surface area contributed by atoms with Crippen LogP contribution in [0.1, 0.15) is 29.8 Å². The minimum Gasteiger partial charge on any atom is -0.284 e. The van der Waals surface area contributed by atoms with E-state index in [-0.39, 0.29) is 5.91 Å². The smallest absolute Gasteiger partial charge is 0.260 e. The summed E-state index contributed by atoms with van der Waals surface area (Å²) < 4.78 is 1.10. The minimum atomic E-state index is 0.00390. The summed E-state index contributed by atoms with van der Waals surface area (Å²) in [5.74, 6) is 0.00390. The first kappa shape index (κ1) is 14.7. The SMILES string of the molecule is CCc1ccc(C(=O)N(CC)c2nc3ccccc3s2)cc1. The van der Waals surface area contributed by atoms with Gasteiger partial charge in [0.15, 0.2) is 5.13 Å². The van der Waals surface area contributed by atoms with Crippen molar-refractivity contribution in [2.75, 3.05) is 11.4 Å². The Bertz CT molecular complexity index is 759. The van der Waals surface area contributed by atoms with Gasteiger partial charge in [0.25, 0.3) is 5.91 Å². The number of carbonyl (C=O) groups excluding carboxylic acids is 1. The molecular formula is C18H18N2OS. The second-order valence-corrected chi connectivity index (χ2v) is 6.07. The quantitative estimate of drug-likeness (QED) is 0.709. The van der Waals surface area contributed by atoms with Gasteiger partial charge in [-0.15, -0.1) is 0 Å². The predicted molar refractivity (Wildman–Crippen MR) is 92.8 cm³/mol. The standard InChI is InChI=1S/C18H18N2OS/c1-3-13-9-11-14(12-10-13)17(21)20(4-2)18-19-15-7-5-6-8-16(15)22-18/h5-12H,3-4H2,1-2H3. The molecule has 0 aliphatic carbocycles. The third-order valence-electron chi connectivity index (χ3n) is 3.68. The molecule has 0 radical (unpaired) electrons. The molecule has 0 unspecified atom stereocenters. The number of amides is 1. The van der Waals surface area contributed by atoms with Crippen molar-refractivity contribution >= 4 is 32.6 Å². The van der Waals surface area contributed by atoms with Gasteiger partial charge in [-0.2, -0.15) is 0 Å². The van der Waals surface area contributed by atoms with E-state index in [0.29, 0.717) is 12.1 Å². The zero-order valence-electron chi connectivity index (χ0n) is 12.7. The van der Waals surface area contributed by atoms with Gasteiger partial charge in [0.1, 0.15) is 0 Å². The largest absolute Gasteiger partial charge is 0.284 e. The Balaban J connectivity index is 1.93. The molecule has 1 heterocycles. The zero-order valence-corrected chi connectivity index (χ0v) is 13.6. The lowest BCUT2D eigenvalue weighted by Crippen LogP contribution is -2.30. The monoisotopic (exact) mass is 310 g/mol. The Morgan fingerprint density at radius 2 is 1.82 bits per heavy atom. The molecule has 0 N–H and O–H groups in total. The van der Waals surface area contributed by atoms with E-state index in [4.69, 9.17) is 0 Å². The lowest BCUT2D eigenvalue weighted by Gasteiger charge is -2.17. The number of fused-ring (bicyclic) bond motifs is 1. The predicted octanol–water partition coefficient (Wildman–Crippen LogP) is 4.53. The molecule has 0 saturated heterocycles. The third kappa shape index (κ3) is 2.74. The molecule has 0 fully saturated rings. The number of benzene rings is 2. The second-order valence-electron chi connectivity index (χ2n) is 5.06. The number of aryl methyl sites for hydroxylation is 1. The van der Waals surface area contributed by atoms with E-state index in [2.05, 4.69) is 11.9 Å². The fourth-order valence-corrected chi connectivity index (χ4v) is 3.41. The Morgan fingerprint density at radius 3 is 2.45 bits per heavy atom. The van der Waals surface area contributed by atoms with E-state index in [1.807, 2.05) is 55.5 Å². The average molecular weight is 310 g/mol. The summed E-state index contributed by atoms with van der Waals surface area (Å²) in [6.07, 6.45) is 0.976. The highest BCUT2D eigenvalue weighted by Gasteiger charge is 2.19. The number of rotatable bonds is 4. The highest BCUT2D eigenvalue weighted by atomic mass is 32.1. The maximum absolute atomic E-state index is 12.7. The summed E-state index contributed by atoms with van der Waals surface area (Å²) in [5, 5.41) is 0.758. The van der Waals surface area contributed by atoms with E-state index in [9.17, 15) is 4.79 Å². The summed E-state index contributed by atoms with van der Waals surface area (Å²) in [6.45, 7) is 4.69. The normalized spacial score (nSPS) is 10.8. The summed E-state index contributed by atoms with van der Waals surface area (Å²) >= 11 is 1.55. The van der Waals surface area contributed by atoms with E-state index in [0.717, 1.165) is 21.8 Å². The van der Waals surface area contributed by atoms with Crippen LogP contribution in [0.2, 0.25) is 0 Å². The molecule has 0 saturated carbocycles. The first-order valence-electron chi connectivity index (χ1n) is 7.49. The van der Waals surface area contributed by atoms with Crippen molar-refractivity contribution in [2.45, 2.75) is 20.3 Å². The van der Waals surface area contributed by atoms with Gasteiger partial charge >= 0.3 is 0 Å². The molecule has 22 heavy (non-hydrogen) atoms. The molecule has 112 valence electrons. The van der Waals surface area contributed by atoms with Gasteiger partial charge in [0, 0.05) is 12.1 Å². The first-order valence-corrected chi connectivity index (χ1v) is 8.31. The molecule has 0 bridgehead atoms. The van der Waals surface area contributed by atoms with Crippen molar-refractivity contribution < 1.29 is 4.79 Å². The van der Waals surface area contributed by atoms with Crippen molar-refractivity contribution in [3.8, 4) is 0 Å². The molecule has 1 amide bonds. The molecular weight excluding hydrogens is 292 g/mol. The molecule has 3 nitrogen and oxygen atoms in total. The molecule has 2 aromatic carbocycles. The van der Waals surface area contributed by atoms with E-state index < -0.39 is 0 Å². The summed E-state index contributed by atoms with van der Waals surface area (Å²) in [6, 6.07) is 15.8. The molecule has 0 aliphatic rings. The van der Waals surface area contributed by atoms with Crippen LogP contribution >= 0.6 is 11.3 Å². The highest BCUT2D eigenvalue weighted by molar-refractivity contribution is 7.22. The summed E-state index contributed by atoms with van der Waals surface area (Å²) in [5.41, 5.74) is 2.88. The number of anilines is 1. The first-order chi connectivity index (χ1) is 10.7. The number of hydrogen-bond donors (Lipinski definition) is 0. The molecule has 0 spiro atoms. The van der Waals surface area contributed by atoms with Crippen LogP contribution in [0, 0.1) is 0 Å². The highest BCUT2D eigenvalue weighted by Crippen LogP contribution is 2.29. The maximum Gasteiger partial charge on any atom is 0.260 e. The molecule has 1 aromatic heterocycles. The summed E-state index contributed by atoms with van der Waals surface area (Å²) in [4.78, 5) is 19.1. The van der Waals surface area contributed by atoms with Crippen LogP contribution in [-0.4, -0.2) is 17.4 Å². The number of hydrogen-bond acceptors (Lipinski definition) is 3. The fourth-order valence-electron chi connectivity index (χ4n) is 2.38. The molecule has 4 heteroatoms. The van der Waals surface area contributed by atoms with Crippen LogP contribution in [0.15, 0.2) is 48.5 Å². The number of nitrogens with zero attached hydrogens (tertiary/aromatic N) is 2. The van der Waals surface area contributed by atoms with Crippen molar-refractivity contribution in [3.63, 3.8) is 0 Å². The van der Waals surface area contributed by atoms with Gasteiger partial charge in [-0.25, -0.2) is 4.98 Å². The van der Waals surface area contributed by atoms with Crippen LogP contribution in [0.3, 0.4) is 0 Å². The average Bonchev–Trinajstić information content (AvgIpc) is 2.99. The van der Waals surface area contributed by atoms with E-state index in [1.165, 1.54) is 5.56 Å². The summed E-state index contributed by atoms with van der Waals surface area (Å²) in [7, 11) is 0. The Morgan fingerprint density at radius 1 is 1.09 bits per heavy atom. The maximum atomic E-state index is 12.7. The van der Waals surface area contributed by atoms with Crippen molar-refractivity contribution in [1.82, 2.24) is 4.98 Å². The van der Waals surface area contributed by atoms with Crippen LogP contribution in [0.25, 0.3) is 10.2 Å². The van der Waals surface area contributed by atoms with Crippen LogP contribution < -0.4 is 4.90 Å². The Hall–Kier alpha value is -2.20. The molecule has 3 rings (SSSR count). The Labute approximate surface area is 134 Å². The van der Waals surface area contributed by atoms with Crippen LogP contribution in [-0.2, 0) is 6.42 Å². The zero-order chi connectivity index (χ0) is 15.5. The lowest BCUT2D eigenvalue weighted by molar-refractivity contribution is 0.0988.